The smallest absolute Gasteiger partial charge is 0.330 e. The third-order valence-corrected chi connectivity index (χ3v) is 2.90. The average molecular weight is 264 g/mol. The molecule has 0 amide bonds. The summed E-state index contributed by atoms with van der Waals surface area (Å²) in [5.41, 5.74) is 1.91. The molecule has 1 aromatic carbocycles. The Morgan fingerprint density at radius 2 is 2.05 bits per heavy atom. The van der Waals surface area contributed by atoms with Gasteiger partial charge in [0.2, 0.25) is 0 Å². The molecular formula is C15H20O4. The maximum absolute atomic E-state index is 11.2. The van der Waals surface area contributed by atoms with Crippen LogP contribution in [-0.2, 0) is 9.53 Å². The molecule has 1 aromatic rings. The van der Waals surface area contributed by atoms with Gasteiger partial charge in [0.1, 0.15) is 5.75 Å². The largest absolute Gasteiger partial charge is 0.496 e. The maximum atomic E-state index is 11.2. The summed E-state index contributed by atoms with van der Waals surface area (Å²) in [6.45, 7) is 3.64. The molecular weight excluding hydrogens is 244 g/mol. The van der Waals surface area contributed by atoms with Crippen molar-refractivity contribution >= 4 is 5.97 Å². The van der Waals surface area contributed by atoms with Crippen LogP contribution in [0.1, 0.15) is 24.0 Å². The first-order valence-corrected chi connectivity index (χ1v) is 6.08. The fourth-order valence-electron chi connectivity index (χ4n) is 1.89. The van der Waals surface area contributed by atoms with E-state index >= 15 is 0 Å². The lowest BCUT2D eigenvalue weighted by molar-refractivity contribution is -0.134. The van der Waals surface area contributed by atoms with Crippen molar-refractivity contribution in [1.82, 2.24) is 0 Å². The lowest BCUT2D eigenvalue weighted by Gasteiger charge is -2.19. The minimum absolute atomic E-state index is 0.325. The molecule has 0 saturated carbocycles. The van der Waals surface area contributed by atoms with Crippen LogP contribution in [0.5, 0.6) is 5.75 Å². The molecule has 19 heavy (non-hydrogen) atoms. The third kappa shape index (κ3) is 4.10. The van der Waals surface area contributed by atoms with Gasteiger partial charge < -0.3 is 14.6 Å². The Bertz CT molecular complexity index is 463. The number of aryl methyl sites for hydroxylation is 1. The minimum atomic E-state index is -0.642. The van der Waals surface area contributed by atoms with Crippen molar-refractivity contribution < 1.29 is 19.4 Å². The molecule has 1 rings (SSSR count). The van der Waals surface area contributed by atoms with Gasteiger partial charge in [-0.15, -0.1) is 0 Å². The van der Waals surface area contributed by atoms with Gasteiger partial charge in [0.25, 0.3) is 0 Å². The number of methoxy groups -OCH3 is 2. The second-order valence-electron chi connectivity index (χ2n) is 4.39. The number of aliphatic hydroxyl groups excluding tert-OH is 1. The average Bonchev–Trinajstić information content (AvgIpc) is 2.38. The maximum Gasteiger partial charge on any atom is 0.330 e. The van der Waals surface area contributed by atoms with E-state index in [1.807, 2.05) is 25.1 Å². The molecule has 104 valence electrons. The molecule has 4 nitrogen and oxygen atoms in total. The Balaban J connectivity index is 3.15. The van der Waals surface area contributed by atoms with Crippen molar-refractivity contribution in [3.8, 4) is 5.75 Å². The van der Waals surface area contributed by atoms with Gasteiger partial charge in [0.15, 0.2) is 0 Å². The Labute approximate surface area is 113 Å². The van der Waals surface area contributed by atoms with Crippen molar-refractivity contribution in [2.75, 3.05) is 14.2 Å². The molecule has 2 atom stereocenters. The Morgan fingerprint density at radius 1 is 1.37 bits per heavy atom. The zero-order chi connectivity index (χ0) is 14.4. The van der Waals surface area contributed by atoms with Gasteiger partial charge in [-0.05, 0) is 19.9 Å². The van der Waals surface area contributed by atoms with Crippen molar-refractivity contribution in [1.29, 1.82) is 0 Å². The summed E-state index contributed by atoms with van der Waals surface area (Å²) in [6, 6.07) is 5.73. The van der Waals surface area contributed by atoms with E-state index in [4.69, 9.17) is 4.74 Å². The Kier molecular flexibility index (Phi) is 5.57. The number of ether oxygens (including phenoxy) is 2. The number of carbonyl (C=O) groups is 1. The third-order valence-electron chi connectivity index (χ3n) is 2.90. The standard InChI is InChI=1S/C15H20O4/c1-10-5-7-14(18-3)13(9-10)12(11(2)16)6-8-15(17)19-4/h5-9,11-12,16H,1-4H3/b8-6+. The highest BCUT2D eigenvalue weighted by molar-refractivity contribution is 5.82. The number of hydrogen-bond donors (Lipinski definition) is 1. The van der Waals surface area contributed by atoms with E-state index in [0.29, 0.717) is 5.75 Å². The molecule has 0 aliphatic carbocycles. The van der Waals surface area contributed by atoms with Crippen molar-refractivity contribution in [3.05, 3.63) is 41.5 Å². The van der Waals surface area contributed by atoms with Gasteiger partial charge in [-0.3, -0.25) is 0 Å². The van der Waals surface area contributed by atoms with Crippen LogP contribution in [0, 0.1) is 6.92 Å². The highest BCUT2D eigenvalue weighted by atomic mass is 16.5. The monoisotopic (exact) mass is 264 g/mol. The highest BCUT2D eigenvalue weighted by Crippen LogP contribution is 2.31. The number of esters is 1. The predicted molar refractivity (Wildman–Crippen MR) is 73.3 cm³/mol. The van der Waals surface area contributed by atoms with E-state index in [2.05, 4.69) is 4.74 Å². The van der Waals surface area contributed by atoms with Gasteiger partial charge in [0, 0.05) is 17.6 Å². The molecule has 4 heteroatoms. The quantitative estimate of drug-likeness (QED) is 0.654. The van der Waals surface area contributed by atoms with Crippen LogP contribution in [0.4, 0.5) is 0 Å². The van der Waals surface area contributed by atoms with Crippen LogP contribution in [0.15, 0.2) is 30.4 Å². The van der Waals surface area contributed by atoms with E-state index < -0.39 is 12.1 Å². The number of hydrogen-bond acceptors (Lipinski definition) is 4. The number of benzene rings is 1. The first-order valence-electron chi connectivity index (χ1n) is 6.08. The second-order valence-corrected chi connectivity index (χ2v) is 4.39. The molecule has 0 aliphatic rings. The molecule has 0 radical (unpaired) electrons. The fourth-order valence-corrected chi connectivity index (χ4v) is 1.89. The van der Waals surface area contributed by atoms with E-state index in [9.17, 15) is 9.90 Å². The van der Waals surface area contributed by atoms with Crippen LogP contribution < -0.4 is 4.74 Å². The van der Waals surface area contributed by atoms with Crippen molar-refractivity contribution in [3.63, 3.8) is 0 Å². The molecule has 0 spiro atoms. The van der Waals surface area contributed by atoms with Gasteiger partial charge in [-0.1, -0.05) is 23.8 Å². The number of aliphatic hydroxyl groups is 1. The van der Waals surface area contributed by atoms with Crippen LogP contribution >= 0.6 is 0 Å². The molecule has 0 saturated heterocycles. The lowest BCUT2D eigenvalue weighted by Crippen LogP contribution is -2.14. The fraction of sp³-hybridized carbons (Fsp3) is 0.400. The summed E-state index contributed by atoms with van der Waals surface area (Å²) in [5.74, 6) is -0.0859. The molecule has 0 heterocycles. The number of rotatable bonds is 5. The van der Waals surface area contributed by atoms with Gasteiger partial charge in [-0.2, -0.15) is 0 Å². The predicted octanol–water partition coefficient (Wildman–Crippen LogP) is 2.20. The summed E-state index contributed by atoms with van der Waals surface area (Å²) >= 11 is 0. The van der Waals surface area contributed by atoms with Crippen LogP contribution in [-0.4, -0.2) is 31.4 Å². The van der Waals surface area contributed by atoms with Crippen molar-refractivity contribution in [2.45, 2.75) is 25.9 Å². The molecule has 0 aliphatic heterocycles. The summed E-state index contributed by atoms with van der Waals surface area (Å²) in [6.07, 6.45) is 2.31. The molecule has 2 unspecified atom stereocenters. The summed E-state index contributed by atoms with van der Waals surface area (Å²) < 4.78 is 9.86. The Morgan fingerprint density at radius 3 is 2.58 bits per heavy atom. The van der Waals surface area contributed by atoms with Crippen LogP contribution in [0.2, 0.25) is 0 Å². The summed E-state index contributed by atoms with van der Waals surface area (Å²) in [4.78, 5) is 11.2. The van der Waals surface area contributed by atoms with Gasteiger partial charge in [-0.25, -0.2) is 4.79 Å². The van der Waals surface area contributed by atoms with E-state index in [1.165, 1.54) is 13.2 Å². The topological polar surface area (TPSA) is 55.8 Å². The van der Waals surface area contributed by atoms with E-state index in [0.717, 1.165) is 11.1 Å². The van der Waals surface area contributed by atoms with Crippen LogP contribution in [0.3, 0.4) is 0 Å². The first-order chi connectivity index (χ1) is 8.99. The SMILES string of the molecule is COC(=O)/C=C/C(c1cc(C)ccc1OC)C(C)O. The molecule has 0 bridgehead atoms. The summed E-state index contributed by atoms with van der Waals surface area (Å²) in [5, 5.41) is 9.90. The molecule has 0 aromatic heterocycles. The molecule has 1 N–H and O–H groups in total. The highest BCUT2D eigenvalue weighted by Gasteiger charge is 2.19. The normalized spacial score (nSPS) is 14.2. The minimum Gasteiger partial charge on any atom is -0.496 e. The van der Waals surface area contributed by atoms with Gasteiger partial charge in [0.05, 0.1) is 20.3 Å². The zero-order valence-electron chi connectivity index (χ0n) is 11.7. The van der Waals surface area contributed by atoms with E-state index in [-0.39, 0.29) is 5.92 Å². The number of carbonyl (C=O) groups excluding carboxylic acids is 1. The first kappa shape index (κ1) is 15.2. The Hall–Kier alpha value is -1.81. The van der Waals surface area contributed by atoms with Crippen LogP contribution in [0.25, 0.3) is 0 Å². The van der Waals surface area contributed by atoms with Gasteiger partial charge >= 0.3 is 5.97 Å². The molecule has 0 fully saturated rings. The summed E-state index contributed by atoms with van der Waals surface area (Å²) in [7, 11) is 2.90. The second kappa shape index (κ2) is 6.95. The van der Waals surface area contributed by atoms with Crippen molar-refractivity contribution in [2.24, 2.45) is 0 Å². The lowest BCUT2D eigenvalue weighted by atomic mass is 9.91. The van der Waals surface area contributed by atoms with E-state index in [1.54, 1.807) is 20.1 Å². The zero-order valence-corrected chi connectivity index (χ0v) is 11.7.